The van der Waals surface area contributed by atoms with Gasteiger partial charge in [-0.3, -0.25) is 4.79 Å². The number of nitrogens with one attached hydrogen (secondary N) is 3. The van der Waals surface area contributed by atoms with E-state index in [0.717, 1.165) is 52.6 Å². The average Bonchev–Trinajstić information content (AvgIpc) is 2.79. The van der Waals surface area contributed by atoms with Crippen molar-refractivity contribution in [1.82, 2.24) is 5.32 Å². The van der Waals surface area contributed by atoms with Crippen molar-refractivity contribution in [3.8, 4) is 5.75 Å². The number of methoxy groups -OCH3 is 1. The van der Waals surface area contributed by atoms with Crippen LogP contribution in [0, 0.1) is 0 Å². The number of amides is 1. The Bertz CT molecular complexity index is 1150. The highest BCUT2D eigenvalue weighted by molar-refractivity contribution is 9.10. The lowest BCUT2D eigenvalue weighted by Crippen LogP contribution is -2.57. The summed E-state index contributed by atoms with van der Waals surface area (Å²) in [6, 6.07) is 21.0. The van der Waals surface area contributed by atoms with Crippen molar-refractivity contribution in [1.29, 1.82) is 0 Å². The summed E-state index contributed by atoms with van der Waals surface area (Å²) in [6.45, 7) is 7.21. The molecule has 1 aliphatic heterocycles. The van der Waals surface area contributed by atoms with Gasteiger partial charge in [0, 0.05) is 47.1 Å². The smallest absolute Gasteiger partial charge is 0.257 e. The fourth-order valence-corrected chi connectivity index (χ4v) is 4.66. The van der Waals surface area contributed by atoms with Crippen LogP contribution in [0.5, 0.6) is 5.75 Å². The van der Waals surface area contributed by atoms with Crippen molar-refractivity contribution in [3.05, 3.63) is 76.8 Å². The molecule has 0 spiro atoms. The zero-order valence-electron chi connectivity index (χ0n) is 19.1. The topological polar surface area (TPSA) is 65.6 Å². The van der Waals surface area contributed by atoms with Gasteiger partial charge in [0.2, 0.25) is 0 Å². The Labute approximate surface area is 203 Å². The van der Waals surface area contributed by atoms with Crippen LogP contribution in [-0.4, -0.2) is 38.2 Å². The lowest BCUT2D eigenvalue weighted by Gasteiger charge is -2.40. The Morgan fingerprint density at radius 1 is 1.06 bits per heavy atom. The van der Waals surface area contributed by atoms with E-state index >= 15 is 0 Å². The standard InChI is InChI=1S/C26H29BrN4O2/c1-26(2)17-31(14-13-28-26)24-12-11-19(16-22(24)27)30-25(32)21-9-4-5-10-23(21)29-18-7-6-8-20(15-18)33-3/h4-12,15-16,28-29H,13-14,17H2,1-3H3,(H,30,32). The normalized spacial score (nSPS) is 15.1. The van der Waals surface area contributed by atoms with Gasteiger partial charge in [0.1, 0.15) is 5.75 Å². The molecule has 7 heteroatoms. The third kappa shape index (κ3) is 5.67. The molecular formula is C26H29BrN4O2. The van der Waals surface area contributed by atoms with E-state index in [1.807, 2.05) is 60.7 Å². The molecule has 172 valence electrons. The summed E-state index contributed by atoms with van der Waals surface area (Å²) in [4.78, 5) is 15.5. The highest BCUT2D eigenvalue weighted by Crippen LogP contribution is 2.32. The first kappa shape index (κ1) is 23.1. The Kier molecular flexibility index (Phi) is 6.91. The first-order chi connectivity index (χ1) is 15.8. The maximum Gasteiger partial charge on any atom is 0.257 e. The Morgan fingerprint density at radius 3 is 2.64 bits per heavy atom. The maximum absolute atomic E-state index is 13.1. The maximum atomic E-state index is 13.1. The van der Waals surface area contributed by atoms with E-state index in [-0.39, 0.29) is 11.4 Å². The van der Waals surface area contributed by atoms with Crippen molar-refractivity contribution < 1.29 is 9.53 Å². The lowest BCUT2D eigenvalue weighted by atomic mass is 10.0. The van der Waals surface area contributed by atoms with Gasteiger partial charge in [-0.05, 0) is 72.2 Å². The molecule has 6 nitrogen and oxygen atoms in total. The molecule has 0 radical (unpaired) electrons. The molecule has 3 N–H and O–H groups in total. The number of para-hydroxylation sites is 1. The van der Waals surface area contributed by atoms with Crippen LogP contribution in [0.4, 0.5) is 22.7 Å². The van der Waals surface area contributed by atoms with Gasteiger partial charge in [0.05, 0.1) is 24.0 Å². The van der Waals surface area contributed by atoms with Gasteiger partial charge in [-0.2, -0.15) is 0 Å². The minimum absolute atomic E-state index is 0.0596. The van der Waals surface area contributed by atoms with Crippen LogP contribution in [0.1, 0.15) is 24.2 Å². The summed E-state index contributed by atoms with van der Waals surface area (Å²) in [5.74, 6) is 0.573. The molecule has 4 rings (SSSR count). The van der Waals surface area contributed by atoms with Gasteiger partial charge in [0.25, 0.3) is 5.91 Å². The number of ether oxygens (including phenoxy) is 1. The van der Waals surface area contributed by atoms with Crippen molar-refractivity contribution in [2.24, 2.45) is 0 Å². The van der Waals surface area contributed by atoms with Crippen LogP contribution in [0.15, 0.2) is 71.2 Å². The number of nitrogens with zero attached hydrogens (tertiary/aromatic N) is 1. The summed E-state index contributed by atoms with van der Waals surface area (Å²) in [7, 11) is 1.63. The fraction of sp³-hybridized carbons (Fsp3) is 0.269. The Morgan fingerprint density at radius 2 is 1.88 bits per heavy atom. The van der Waals surface area contributed by atoms with Crippen LogP contribution in [0.3, 0.4) is 0 Å². The lowest BCUT2D eigenvalue weighted by molar-refractivity contribution is 0.102. The number of anilines is 4. The number of rotatable bonds is 6. The van der Waals surface area contributed by atoms with E-state index < -0.39 is 0 Å². The fourth-order valence-electron chi connectivity index (χ4n) is 4.03. The minimum Gasteiger partial charge on any atom is -0.497 e. The minimum atomic E-state index is -0.177. The van der Waals surface area contributed by atoms with Gasteiger partial charge in [-0.25, -0.2) is 0 Å². The van der Waals surface area contributed by atoms with E-state index in [1.54, 1.807) is 7.11 Å². The summed E-state index contributed by atoms with van der Waals surface area (Å²) in [6.07, 6.45) is 0. The summed E-state index contributed by atoms with van der Waals surface area (Å²) in [5.41, 5.74) is 4.06. The second-order valence-corrected chi connectivity index (χ2v) is 9.61. The van der Waals surface area contributed by atoms with E-state index in [0.29, 0.717) is 5.56 Å². The number of benzene rings is 3. The Hall–Kier alpha value is -3.03. The number of carbonyl (C=O) groups is 1. The molecule has 33 heavy (non-hydrogen) atoms. The molecule has 1 aliphatic rings. The molecule has 0 aromatic heterocycles. The third-order valence-corrected chi connectivity index (χ3v) is 6.27. The van der Waals surface area contributed by atoms with Crippen LogP contribution in [0.2, 0.25) is 0 Å². The van der Waals surface area contributed by atoms with Crippen molar-refractivity contribution >= 4 is 44.6 Å². The van der Waals surface area contributed by atoms with E-state index in [2.05, 4.69) is 56.7 Å². The van der Waals surface area contributed by atoms with Crippen LogP contribution >= 0.6 is 15.9 Å². The second kappa shape index (κ2) is 9.85. The van der Waals surface area contributed by atoms with Crippen LogP contribution in [-0.2, 0) is 0 Å². The third-order valence-electron chi connectivity index (χ3n) is 5.64. The van der Waals surface area contributed by atoms with Crippen molar-refractivity contribution in [3.63, 3.8) is 0 Å². The summed E-state index contributed by atoms with van der Waals surface area (Å²) in [5, 5.41) is 9.89. The monoisotopic (exact) mass is 508 g/mol. The average molecular weight is 509 g/mol. The van der Waals surface area contributed by atoms with Crippen LogP contribution < -0.4 is 25.6 Å². The highest BCUT2D eigenvalue weighted by atomic mass is 79.9. The number of piperazine rings is 1. The molecule has 3 aromatic rings. The molecule has 3 aromatic carbocycles. The zero-order valence-corrected chi connectivity index (χ0v) is 20.7. The molecule has 0 aliphatic carbocycles. The van der Waals surface area contributed by atoms with Gasteiger partial charge in [0.15, 0.2) is 0 Å². The van der Waals surface area contributed by atoms with Gasteiger partial charge >= 0.3 is 0 Å². The van der Waals surface area contributed by atoms with E-state index in [1.165, 1.54) is 0 Å². The molecule has 1 amide bonds. The first-order valence-electron chi connectivity index (χ1n) is 11.0. The molecule has 1 heterocycles. The predicted molar refractivity (Wildman–Crippen MR) is 139 cm³/mol. The number of carbonyl (C=O) groups excluding carboxylic acids is 1. The summed E-state index contributed by atoms with van der Waals surface area (Å²) >= 11 is 3.70. The SMILES string of the molecule is COc1cccc(Nc2ccccc2C(=O)Nc2ccc(N3CCNC(C)(C)C3)c(Br)c2)c1. The second-order valence-electron chi connectivity index (χ2n) is 8.76. The molecule has 1 saturated heterocycles. The van der Waals surface area contributed by atoms with E-state index in [4.69, 9.17) is 4.74 Å². The molecule has 0 saturated carbocycles. The van der Waals surface area contributed by atoms with Gasteiger partial charge in [-0.15, -0.1) is 0 Å². The molecule has 1 fully saturated rings. The number of halogens is 1. The van der Waals surface area contributed by atoms with Crippen molar-refractivity contribution in [2.75, 3.05) is 42.3 Å². The van der Waals surface area contributed by atoms with Crippen molar-refractivity contribution in [2.45, 2.75) is 19.4 Å². The molecular weight excluding hydrogens is 480 g/mol. The quantitative estimate of drug-likeness (QED) is 0.401. The number of hydrogen-bond acceptors (Lipinski definition) is 5. The van der Waals surface area contributed by atoms with Gasteiger partial charge < -0.3 is 25.6 Å². The largest absolute Gasteiger partial charge is 0.497 e. The first-order valence-corrected chi connectivity index (χ1v) is 11.7. The molecule has 0 bridgehead atoms. The van der Waals surface area contributed by atoms with Gasteiger partial charge in [-0.1, -0.05) is 18.2 Å². The summed E-state index contributed by atoms with van der Waals surface area (Å²) < 4.78 is 6.25. The Balaban J connectivity index is 1.50. The highest BCUT2D eigenvalue weighted by Gasteiger charge is 2.26. The number of hydrogen-bond donors (Lipinski definition) is 3. The van der Waals surface area contributed by atoms with E-state index in [9.17, 15) is 4.79 Å². The van der Waals surface area contributed by atoms with Crippen LogP contribution in [0.25, 0.3) is 0 Å². The molecule has 0 atom stereocenters. The predicted octanol–water partition coefficient (Wildman–Crippen LogP) is 5.64. The zero-order chi connectivity index (χ0) is 23.4. The molecule has 0 unspecified atom stereocenters.